The van der Waals surface area contributed by atoms with Crippen molar-refractivity contribution in [1.29, 1.82) is 0 Å². The first-order chi connectivity index (χ1) is 9.97. The summed E-state index contributed by atoms with van der Waals surface area (Å²) >= 11 is 0. The van der Waals surface area contributed by atoms with Crippen molar-refractivity contribution in [3.8, 4) is 5.75 Å². The number of amides is 2. The Balaban J connectivity index is 1.89. The van der Waals surface area contributed by atoms with Crippen LogP contribution >= 0.6 is 0 Å². The monoisotopic (exact) mass is 292 g/mol. The van der Waals surface area contributed by atoms with Gasteiger partial charge in [0, 0.05) is 5.69 Å². The quantitative estimate of drug-likeness (QED) is 0.709. The smallest absolute Gasteiger partial charge is 0.307 e. The predicted molar refractivity (Wildman–Crippen MR) is 73.6 cm³/mol. The normalized spacial score (nSPS) is 20.2. The summed E-state index contributed by atoms with van der Waals surface area (Å²) in [5.41, 5.74) is 5.50. The molecule has 0 bridgehead atoms. The Bertz CT molecular complexity index is 555. The molecule has 0 aliphatic heterocycles. The summed E-state index contributed by atoms with van der Waals surface area (Å²) in [4.78, 5) is 33.4. The highest BCUT2D eigenvalue weighted by atomic mass is 16.5. The van der Waals surface area contributed by atoms with Gasteiger partial charge in [0.1, 0.15) is 5.75 Å². The van der Waals surface area contributed by atoms with E-state index in [0.29, 0.717) is 24.3 Å². The fourth-order valence-corrected chi connectivity index (χ4v) is 2.13. The van der Waals surface area contributed by atoms with Gasteiger partial charge in [-0.25, -0.2) is 0 Å². The lowest BCUT2D eigenvalue weighted by Gasteiger charge is -2.31. The lowest BCUT2D eigenvalue weighted by Crippen LogP contribution is -2.41. The van der Waals surface area contributed by atoms with Gasteiger partial charge in [0.15, 0.2) is 6.61 Å². The van der Waals surface area contributed by atoms with Crippen LogP contribution < -0.4 is 15.8 Å². The lowest BCUT2D eigenvalue weighted by molar-refractivity contribution is -0.151. The second kappa shape index (κ2) is 6.25. The third-order valence-electron chi connectivity index (χ3n) is 3.43. The number of ether oxygens (including phenoxy) is 1. The van der Waals surface area contributed by atoms with E-state index < -0.39 is 23.7 Å². The molecular weight excluding hydrogens is 276 g/mol. The van der Waals surface area contributed by atoms with Gasteiger partial charge in [-0.2, -0.15) is 0 Å². The van der Waals surface area contributed by atoms with Crippen LogP contribution in [0, 0.1) is 11.8 Å². The van der Waals surface area contributed by atoms with Gasteiger partial charge in [0.25, 0.3) is 5.91 Å². The highest BCUT2D eigenvalue weighted by Crippen LogP contribution is 2.35. The van der Waals surface area contributed by atoms with Crippen LogP contribution in [0.4, 0.5) is 5.69 Å². The van der Waals surface area contributed by atoms with Crippen molar-refractivity contribution in [1.82, 2.24) is 0 Å². The minimum absolute atomic E-state index is 0.214. The van der Waals surface area contributed by atoms with Crippen molar-refractivity contribution in [2.75, 3.05) is 11.9 Å². The number of hydrogen-bond acceptors (Lipinski definition) is 4. The Morgan fingerprint density at radius 1 is 1.19 bits per heavy atom. The molecule has 1 aliphatic carbocycles. The maximum Gasteiger partial charge on any atom is 0.307 e. The third-order valence-corrected chi connectivity index (χ3v) is 3.43. The third kappa shape index (κ3) is 3.71. The van der Waals surface area contributed by atoms with Gasteiger partial charge in [-0.3, -0.25) is 14.4 Å². The van der Waals surface area contributed by atoms with E-state index in [2.05, 4.69) is 5.32 Å². The van der Waals surface area contributed by atoms with E-state index in [0.717, 1.165) is 0 Å². The molecule has 1 aromatic carbocycles. The molecule has 0 aromatic heterocycles. The zero-order chi connectivity index (χ0) is 15.4. The van der Waals surface area contributed by atoms with Gasteiger partial charge in [0.2, 0.25) is 5.91 Å². The number of carbonyl (C=O) groups is 3. The lowest BCUT2D eigenvalue weighted by atomic mass is 9.73. The van der Waals surface area contributed by atoms with Gasteiger partial charge in [-0.1, -0.05) is 0 Å². The Labute approximate surface area is 121 Å². The number of carboxylic acid groups (broad SMARTS) is 1. The van der Waals surface area contributed by atoms with Gasteiger partial charge in [-0.05, 0) is 37.1 Å². The molecule has 7 nitrogen and oxygen atoms in total. The fourth-order valence-electron chi connectivity index (χ4n) is 2.13. The number of primary amides is 1. The second-order valence-electron chi connectivity index (χ2n) is 4.90. The first kappa shape index (κ1) is 14.8. The SMILES string of the molecule is NC(=O)COc1ccc(NC(=O)C2CCC2C(=O)O)cc1. The Morgan fingerprint density at radius 3 is 2.29 bits per heavy atom. The summed E-state index contributed by atoms with van der Waals surface area (Å²) in [7, 11) is 0. The van der Waals surface area contributed by atoms with Gasteiger partial charge < -0.3 is 20.9 Å². The van der Waals surface area contributed by atoms with Crippen LogP contribution in [-0.2, 0) is 14.4 Å². The average molecular weight is 292 g/mol. The molecule has 2 unspecified atom stereocenters. The molecule has 2 atom stereocenters. The maximum atomic E-state index is 11.9. The van der Waals surface area contributed by atoms with Crippen LogP contribution in [0.3, 0.4) is 0 Å². The summed E-state index contributed by atoms with van der Waals surface area (Å²) in [6, 6.07) is 6.41. The number of anilines is 1. The molecule has 0 spiro atoms. The van der Waals surface area contributed by atoms with E-state index in [1.807, 2.05) is 0 Å². The summed E-state index contributed by atoms with van der Waals surface area (Å²) in [6.07, 6.45) is 1.12. The number of nitrogens with two attached hydrogens (primary N) is 1. The number of hydrogen-bond donors (Lipinski definition) is 3. The average Bonchev–Trinajstić information content (AvgIpc) is 2.35. The topological polar surface area (TPSA) is 119 Å². The van der Waals surface area contributed by atoms with Gasteiger partial charge >= 0.3 is 5.97 Å². The van der Waals surface area contributed by atoms with Crippen molar-refractivity contribution in [3.05, 3.63) is 24.3 Å². The first-order valence-corrected chi connectivity index (χ1v) is 6.52. The maximum absolute atomic E-state index is 11.9. The predicted octanol–water partition coefficient (Wildman–Crippen LogP) is 0.600. The van der Waals surface area contributed by atoms with Crippen molar-refractivity contribution in [3.63, 3.8) is 0 Å². The van der Waals surface area contributed by atoms with Crippen LogP contribution in [0.2, 0.25) is 0 Å². The molecule has 21 heavy (non-hydrogen) atoms. The summed E-state index contributed by atoms with van der Waals surface area (Å²) in [5, 5.41) is 11.6. The van der Waals surface area contributed by atoms with Gasteiger partial charge in [-0.15, -0.1) is 0 Å². The molecule has 0 saturated heterocycles. The summed E-state index contributed by atoms with van der Waals surface area (Å²) in [6.45, 7) is -0.214. The van der Waals surface area contributed by atoms with Crippen molar-refractivity contribution in [2.24, 2.45) is 17.6 Å². The number of benzene rings is 1. The number of nitrogens with one attached hydrogen (secondary N) is 1. The molecule has 0 heterocycles. The van der Waals surface area contributed by atoms with E-state index >= 15 is 0 Å². The van der Waals surface area contributed by atoms with Crippen LogP contribution in [0.15, 0.2) is 24.3 Å². The number of aliphatic carboxylic acids is 1. The zero-order valence-electron chi connectivity index (χ0n) is 11.2. The molecule has 1 aliphatic rings. The molecule has 1 fully saturated rings. The second-order valence-corrected chi connectivity index (χ2v) is 4.90. The highest BCUT2D eigenvalue weighted by molar-refractivity contribution is 5.96. The van der Waals surface area contributed by atoms with Crippen LogP contribution in [0.25, 0.3) is 0 Å². The molecule has 4 N–H and O–H groups in total. The van der Waals surface area contributed by atoms with E-state index in [1.54, 1.807) is 24.3 Å². The largest absolute Gasteiger partial charge is 0.484 e. The van der Waals surface area contributed by atoms with Crippen molar-refractivity contribution >= 4 is 23.5 Å². The Morgan fingerprint density at radius 2 is 1.81 bits per heavy atom. The van der Waals surface area contributed by atoms with E-state index in [9.17, 15) is 14.4 Å². The standard InChI is InChI=1S/C14H16N2O5/c15-12(17)7-21-9-3-1-8(2-4-9)16-13(18)10-5-6-11(10)14(19)20/h1-4,10-11H,5-7H2,(H2,15,17)(H,16,18)(H,19,20). The summed E-state index contributed by atoms with van der Waals surface area (Å²) < 4.78 is 5.09. The molecular formula is C14H16N2O5. The molecule has 0 radical (unpaired) electrons. The molecule has 112 valence electrons. The molecule has 2 amide bonds. The van der Waals surface area contributed by atoms with E-state index in [4.69, 9.17) is 15.6 Å². The summed E-state index contributed by atoms with van der Waals surface area (Å²) in [5.74, 6) is -2.41. The van der Waals surface area contributed by atoms with Crippen molar-refractivity contribution in [2.45, 2.75) is 12.8 Å². The first-order valence-electron chi connectivity index (χ1n) is 6.52. The molecule has 7 heteroatoms. The van der Waals surface area contributed by atoms with Crippen LogP contribution in [0.5, 0.6) is 5.75 Å². The molecule has 2 rings (SSSR count). The number of rotatable bonds is 6. The Kier molecular flexibility index (Phi) is 4.42. The van der Waals surface area contributed by atoms with E-state index in [1.165, 1.54) is 0 Å². The number of carboxylic acids is 1. The fraction of sp³-hybridized carbons (Fsp3) is 0.357. The highest BCUT2D eigenvalue weighted by Gasteiger charge is 2.41. The van der Waals surface area contributed by atoms with Crippen LogP contribution in [-0.4, -0.2) is 29.5 Å². The van der Waals surface area contributed by atoms with Crippen LogP contribution in [0.1, 0.15) is 12.8 Å². The zero-order valence-corrected chi connectivity index (χ0v) is 11.2. The number of carbonyl (C=O) groups excluding carboxylic acids is 2. The van der Waals surface area contributed by atoms with Gasteiger partial charge in [0.05, 0.1) is 11.8 Å². The minimum Gasteiger partial charge on any atom is -0.484 e. The molecule has 1 aromatic rings. The van der Waals surface area contributed by atoms with E-state index in [-0.39, 0.29) is 12.5 Å². The minimum atomic E-state index is -0.934. The molecule has 1 saturated carbocycles. The van der Waals surface area contributed by atoms with Crippen molar-refractivity contribution < 1.29 is 24.2 Å². The Hall–Kier alpha value is -2.57.